The van der Waals surface area contributed by atoms with E-state index in [1.165, 1.54) is 14.2 Å². The van der Waals surface area contributed by atoms with Crippen LogP contribution in [0.3, 0.4) is 0 Å². The summed E-state index contributed by atoms with van der Waals surface area (Å²) in [6.45, 7) is 0.281. The van der Waals surface area contributed by atoms with Crippen LogP contribution in [0.1, 0.15) is 15.9 Å². The van der Waals surface area contributed by atoms with E-state index >= 15 is 0 Å². The van der Waals surface area contributed by atoms with Crippen molar-refractivity contribution in [3.63, 3.8) is 0 Å². The molecule has 7 heteroatoms. The highest BCUT2D eigenvalue weighted by molar-refractivity contribution is 5.97. The van der Waals surface area contributed by atoms with Gasteiger partial charge >= 0.3 is 6.01 Å². The van der Waals surface area contributed by atoms with Crippen molar-refractivity contribution in [3.05, 3.63) is 41.5 Å². The number of carbonyl (C=O) groups is 1. The minimum Gasteiger partial charge on any atom is -0.480 e. The van der Waals surface area contributed by atoms with Crippen LogP contribution in [0.4, 0.5) is 0 Å². The standard InChI is InChI=1S/C14H15N3O4/c1-19-12-10(11(15)18)13(20-2)17-14(16-12)21-8-9-6-4-3-5-7-9/h3-7H,8H2,1-2H3,(H2,15,18). The number of methoxy groups -OCH3 is 2. The van der Waals surface area contributed by atoms with Gasteiger partial charge in [0.1, 0.15) is 6.61 Å². The Balaban J connectivity index is 2.26. The Morgan fingerprint density at radius 1 is 1.10 bits per heavy atom. The highest BCUT2D eigenvalue weighted by Crippen LogP contribution is 2.27. The largest absolute Gasteiger partial charge is 0.480 e. The van der Waals surface area contributed by atoms with Crippen LogP contribution in [0.5, 0.6) is 17.8 Å². The van der Waals surface area contributed by atoms with Crippen molar-refractivity contribution < 1.29 is 19.0 Å². The predicted molar refractivity (Wildman–Crippen MR) is 74.4 cm³/mol. The van der Waals surface area contributed by atoms with Crippen LogP contribution in [-0.2, 0) is 6.61 Å². The number of nitrogens with two attached hydrogens (primary N) is 1. The lowest BCUT2D eigenvalue weighted by Gasteiger charge is -2.11. The van der Waals surface area contributed by atoms with Gasteiger partial charge in [0.2, 0.25) is 11.8 Å². The van der Waals surface area contributed by atoms with Crippen molar-refractivity contribution in [2.24, 2.45) is 5.73 Å². The molecule has 0 unspecified atom stereocenters. The van der Waals surface area contributed by atoms with Crippen molar-refractivity contribution in [3.8, 4) is 17.8 Å². The maximum absolute atomic E-state index is 11.4. The number of carbonyl (C=O) groups excluding carboxylic acids is 1. The third kappa shape index (κ3) is 3.38. The number of amides is 1. The second-order valence-corrected chi connectivity index (χ2v) is 4.04. The van der Waals surface area contributed by atoms with Crippen molar-refractivity contribution in [2.75, 3.05) is 14.2 Å². The van der Waals surface area contributed by atoms with Gasteiger partial charge in [-0.2, -0.15) is 9.97 Å². The van der Waals surface area contributed by atoms with Crippen LogP contribution in [0, 0.1) is 0 Å². The first-order valence-electron chi connectivity index (χ1n) is 6.12. The maximum Gasteiger partial charge on any atom is 0.323 e. The number of nitrogens with zero attached hydrogens (tertiary/aromatic N) is 2. The maximum atomic E-state index is 11.4. The highest BCUT2D eigenvalue weighted by atomic mass is 16.5. The van der Waals surface area contributed by atoms with E-state index in [9.17, 15) is 4.79 Å². The predicted octanol–water partition coefficient (Wildman–Crippen LogP) is 1.17. The van der Waals surface area contributed by atoms with Crippen LogP contribution >= 0.6 is 0 Å². The molecule has 1 amide bonds. The molecule has 0 radical (unpaired) electrons. The van der Waals surface area contributed by atoms with E-state index in [4.69, 9.17) is 19.9 Å². The molecule has 2 aromatic rings. The molecule has 1 aromatic carbocycles. The molecule has 0 fully saturated rings. The van der Waals surface area contributed by atoms with Crippen LogP contribution < -0.4 is 19.9 Å². The molecule has 0 saturated heterocycles. The number of benzene rings is 1. The highest BCUT2D eigenvalue weighted by Gasteiger charge is 2.21. The van der Waals surface area contributed by atoms with Gasteiger partial charge in [0.15, 0.2) is 5.56 Å². The average Bonchev–Trinajstić information content (AvgIpc) is 2.52. The summed E-state index contributed by atoms with van der Waals surface area (Å²) in [5, 5.41) is 0. The quantitative estimate of drug-likeness (QED) is 0.857. The summed E-state index contributed by atoms with van der Waals surface area (Å²) in [5.74, 6) is -0.715. The van der Waals surface area contributed by atoms with Crippen molar-refractivity contribution in [1.82, 2.24) is 9.97 Å². The molecule has 21 heavy (non-hydrogen) atoms. The third-order valence-corrected chi connectivity index (χ3v) is 2.67. The van der Waals surface area contributed by atoms with E-state index < -0.39 is 5.91 Å². The molecule has 0 aliphatic carbocycles. The molecule has 110 valence electrons. The minimum absolute atomic E-state index is 0.0115. The average molecular weight is 289 g/mol. The molecule has 0 aliphatic rings. The van der Waals surface area contributed by atoms with E-state index in [0.29, 0.717) is 0 Å². The lowest BCUT2D eigenvalue weighted by atomic mass is 10.2. The third-order valence-electron chi connectivity index (χ3n) is 2.67. The molecular weight excluding hydrogens is 274 g/mol. The monoisotopic (exact) mass is 289 g/mol. The summed E-state index contributed by atoms with van der Waals surface area (Å²) in [6, 6.07) is 9.57. The van der Waals surface area contributed by atoms with Gasteiger partial charge in [-0.1, -0.05) is 30.3 Å². The van der Waals surface area contributed by atoms with Crippen LogP contribution in [0.25, 0.3) is 0 Å². The Morgan fingerprint density at radius 3 is 2.14 bits per heavy atom. The smallest absolute Gasteiger partial charge is 0.323 e. The number of hydrogen-bond acceptors (Lipinski definition) is 6. The Bertz CT molecular complexity index is 606. The zero-order chi connectivity index (χ0) is 15.2. The molecule has 1 heterocycles. The molecular formula is C14H15N3O4. The first-order chi connectivity index (χ1) is 10.2. The number of ether oxygens (including phenoxy) is 3. The number of rotatable bonds is 6. The fraction of sp³-hybridized carbons (Fsp3) is 0.214. The lowest BCUT2D eigenvalue weighted by Crippen LogP contribution is -2.16. The van der Waals surface area contributed by atoms with E-state index in [0.717, 1.165) is 5.56 Å². The first kappa shape index (κ1) is 14.6. The Hall–Kier alpha value is -2.83. The molecule has 7 nitrogen and oxygen atoms in total. The summed E-state index contributed by atoms with van der Waals surface area (Å²) in [4.78, 5) is 19.4. The van der Waals surface area contributed by atoms with Crippen molar-refractivity contribution in [2.45, 2.75) is 6.61 Å². The van der Waals surface area contributed by atoms with Gasteiger partial charge in [-0.15, -0.1) is 0 Å². The summed E-state index contributed by atoms with van der Waals surface area (Å²) < 4.78 is 15.5. The summed E-state index contributed by atoms with van der Waals surface area (Å²) in [6.07, 6.45) is 0. The van der Waals surface area contributed by atoms with Gasteiger partial charge in [0, 0.05) is 0 Å². The summed E-state index contributed by atoms with van der Waals surface area (Å²) in [5.41, 5.74) is 6.20. The van der Waals surface area contributed by atoms with E-state index in [1.807, 2.05) is 30.3 Å². The molecule has 0 bridgehead atoms. The van der Waals surface area contributed by atoms with E-state index in [-0.39, 0.29) is 29.9 Å². The molecule has 0 aliphatic heterocycles. The molecule has 2 N–H and O–H groups in total. The number of hydrogen-bond donors (Lipinski definition) is 1. The van der Waals surface area contributed by atoms with Crippen LogP contribution in [-0.4, -0.2) is 30.1 Å². The Kier molecular flexibility index (Phi) is 4.55. The molecule has 2 rings (SSSR count). The number of aromatic nitrogens is 2. The van der Waals surface area contributed by atoms with Crippen LogP contribution in [0.2, 0.25) is 0 Å². The van der Waals surface area contributed by atoms with Gasteiger partial charge in [-0.3, -0.25) is 4.79 Å². The van der Waals surface area contributed by atoms with Gasteiger partial charge in [-0.05, 0) is 5.56 Å². The molecule has 1 aromatic heterocycles. The first-order valence-corrected chi connectivity index (χ1v) is 6.12. The zero-order valence-electron chi connectivity index (χ0n) is 11.7. The van der Waals surface area contributed by atoms with Gasteiger partial charge < -0.3 is 19.9 Å². The van der Waals surface area contributed by atoms with E-state index in [2.05, 4.69) is 9.97 Å². The fourth-order valence-corrected chi connectivity index (χ4v) is 1.69. The minimum atomic E-state index is -0.738. The van der Waals surface area contributed by atoms with Crippen molar-refractivity contribution >= 4 is 5.91 Å². The molecule has 0 spiro atoms. The van der Waals surface area contributed by atoms with Crippen LogP contribution in [0.15, 0.2) is 30.3 Å². The SMILES string of the molecule is COc1nc(OCc2ccccc2)nc(OC)c1C(N)=O. The lowest BCUT2D eigenvalue weighted by molar-refractivity contribution is 0.0992. The topological polar surface area (TPSA) is 96.6 Å². The van der Waals surface area contributed by atoms with Crippen molar-refractivity contribution in [1.29, 1.82) is 0 Å². The normalized spacial score (nSPS) is 10.0. The molecule has 0 atom stereocenters. The summed E-state index contributed by atoms with van der Waals surface area (Å²) >= 11 is 0. The second-order valence-electron chi connectivity index (χ2n) is 4.04. The Morgan fingerprint density at radius 2 is 1.67 bits per heavy atom. The van der Waals surface area contributed by atoms with Gasteiger partial charge in [0.05, 0.1) is 14.2 Å². The zero-order valence-corrected chi connectivity index (χ0v) is 11.7. The fourth-order valence-electron chi connectivity index (χ4n) is 1.69. The second kappa shape index (κ2) is 6.56. The Labute approximate surface area is 121 Å². The van der Waals surface area contributed by atoms with Gasteiger partial charge in [-0.25, -0.2) is 0 Å². The van der Waals surface area contributed by atoms with Gasteiger partial charge in [0.25, 0.3) is 5.91 Å². The van der Waals surface area contributed by atoms with E-state index in [1.54, 1.807) is 0 Å². The molecule has 0 saturated carbocycles. The number of primary amides is 1. The summed E-state index contributed by atoms with van der Waals surface area (Å²) in [7, 11) is 2.74.